The second-order valence-corrected chi connectivity index (χ2v) is 5.88. The standard InChI is InChI=1S/C14H21BrO/c1-14(2,3)9-10-16-13(11-15)12-7-5-4-6-8-12/h4-8,13H,9-11H2,1-3H3. The maximum atomic E-state index is 5.91. The zero-order chi connectivity index (χ0) is 12.0. The van der Waals surface area contributed by atoms with Crippen molar-refractivity contribution in [3.05, 3.63) is 35.9 Å². The zero-order valence-electron chi connectivity index (χ0n) is 10.4. The van der Waals surface area contributed by atoms with Gasteiger partial charge in [0.2, 0.25) is 0 Å². The number of hydrogen-bond acceptors (Lipinski definition) is 1. The topological polar surface area (TPSA) is 9.23 Å². The van der Waals surface area contributed by atoms with Crippen LogP contribution in [0.15, 0.2) is 30.3 Å². The molecule has 1 atom stereocenters. The molecule has 0 aromatic heterocycles. The summed E-state index contributed by atoms with van der Waals surface area (Å²) in [6, 6.07) is 10.4. The van der Waals surface area contributed by atoms with Crippen LogP contribution in [0, 0.1) is 5.41 Å². The van der Waals surface area contributed by atoms with E-state index in [1.165, 1.54) is 5.56 Å². The molecule has 0 N–H and O–H groups in total. The van der Waals surface area contributed by atoms with E-state index in [1.54, 1.807) is 0 Å². The van der Waals surface area contributed by atoms with Crippen LogP contribution in [0.25, 0.3) is 0 Å². The molecule has 1 nitrogen and oxygen atoms in total. The van der Waals surface area contributed by atoms with Crippen molar-refractivity contribution < 1.29 is 4.74 Å². The van der Waals surface area contributed by atoms with Crippen LogP contribution in [0.1, 0.15) is 38.9 Å². The molecule has 0 saturated heterocycles. The van der Waals surface area contributed by atoms with Crippen molar-refractivity contribution >= 4 is 15.9 Å². The fourth-order valence-electron chi connectivity index (χ4n) is 1.40. The van der Waals surface area contributed by atoms with Crippen molar-refractivity contribution in [1.29, 1.82) is 0 Å². The van der Waals surface area contributed by atoms with Crippen molar-refractivity contribution in [2.45, 2.75) is 33.3 Å². The summed E-state index contributed by atoms with van der Waals surface area (Å²) in [5, 5.41) is 0.848. The number of rotatable bonds is 5. The van der Waals surface area contributed by atoms with Gasteiger partial charge in [0.05, 0.1) is 6.10 Å². The first kappa shape index (κ1) is 13.7. The monoisotopic (exact) mass is 284 g/mol. The lowest BCUT2D eigenvalue weighted by Crippen LogP contribution is -2.13. The van der Waals surface area contributed by atoms with Crippen LogP contribution in [-0.2, 0) is 4.74 Å². The predicted octanol–water partition coefficient (Wildman–Crippen LogP) is 4.58. The fraction of sp³-hybridized carbons (Fsp3) is 0.571. The largest absolute Gasteiger partial charge is 0.373 e. The Morgan fingerprint density at radius 3 is 2.31 bits per heavy atom. The molecule has 1 aromatic rings. The van der Waals surface area contributed by atoms with Gasteiger partial charge in [0.25, 0.3) is 0 Å². The molecule has 16 heavy (non-hydrogen) atoms. The molecule has 0 radical (unpaired) electrons. The summed E-state index contributed by atoms with van der Waals surface area (Å²) in [6.45, 7) is 7.53. The van der Waals surface area contributed by atoms with Gasteiger partial charge in [0, 0.05) is 11.9 Å². The lowest BCUT2D eigenvalue weighted by atomic mass is 9.93. The van der Waals surface area contributed by atoms with Crippen LogP contribution >= 0.6 is 15.9 Å². The molecule has 2 heteroatoms. The van der Waals surface area contributed by atoms with Gasteiger partial charge in [-0.05, 0) is 17.4 Å². The molecule has 0 saturated carbocycles. The van der Waals surface area contributed by atoms with Crippen molar-refractivity contribution in [3.63, 3.8) is 0 Å². The van der Waals surface area contributed by atoms with Gasteiger partial charge in [-0.3, -0.25) is 0 Å². The third-order valence-electron chi connectivity index (χ3n) is 2.48. The molecule has 1 unspecified atom stereocenters. The molecule has 0 aliphatic rings. The van der Waals surface area contributed by atoms with E-state index in [4.69, 9.17) is 4.74 Å². The first-order chi connectivity index (χ1) is 7.53. The third kappa shape index (κ3) is 5.13. The van der Waals surface area contributed by atoms with Gasteiger partial charge < -0.3 is 4.74 Å². The Bertz CT molecular complexity index is 289. The van der Waals surface area contributed by atoms with E-state index in [-0.39, 0.29) is 6.10 Å². The lowest BCUT2D eigenvalue weighted by Gasteiger charge is -2.21. The highest BCUT2D eigenvalue weighted by Gasteiger charge is 2.13. The first-order valence-corrected chi connectivity index (χ1v) is 6.87. The Morgan fingerprint density at radius 2 is 1.81 bits per heavy atom. The van der Waals surface area contributed by atoms with Gasteiger partial charge in [-0.1, -0.05) is 67.0 Å². The van der Waals surface area contributed by atoms with Gasteiger partial charge in [0.1, 0.15) is 0 Å². The molecule has 0 spiro atoms. The summed E-state index contributed by atoms with van der Waals surface area (Å²) in [4.78, 5) is 0. The van der Waals surface area contributed by atoms with Crippen molar-refractivity contribution in [3.8, 4) is 0 Å². The van der Waals surface area contributed by atoms with Gasteiger partial charge in [0.15, 0.2) is 0 Å². The summed E-state index contributed by atoms with van der Waals surface area (Å²) in [5.74, 6) is 0. The Morgan fingerprint density at radius 1 is 1.19 bits per heavy atom. The summed E-state index contributed by atoms with van der Waals surface area (Å²) < 4.78 is 5.91. The molecular formula is C14H21BrO. The van der Waals surface area contributed by atoms with E-state index in [0.29, 0.717) is 5.41 Å². The van der Waals surface area contributed by atoms with E-state index < -0.39 is 0 Å². The molecule has 1 aromatic carbocycles. The fourth-order valence-corrected chi connectivity index (χ4v) is 1.97. The minimum Gasteiger partial charge on any atom is -0.373 e. The van der Waals surface area contributed by atoms with Crippen LogP contribution in [0.5, 0.6) is 0 Å². The Hall–Kier alpha value is -0.340. The van der Waals surface area contributed by atoms with E-state index in [1.807, 2.05) is 6.07 Å². The van der Waals surface area contributed by atoms with E-state index >= 15 is 0 Å². The quantitative estimate of drug-likeness (QED) is 0.720. The van der Waals surface area contributed by atoms with E-state index in [9.17, 15) is 0 Å². The number of ether oxygens (including phenoxy) is 1. The summed E-state index contributed by atoms with van der Waals surface area (Å²) >= 11 is 3.51. The highest BCUT2D eigenvalue weighted by atomic mass is 79.9. The molecule has 90 valence electrons. The predicted molar refractivity (Wildman–Crippen MR) is 73.0 cm³/mol. The summed E-state index contributed by atoms with van der Waals surface area (Å²) in [6.07, 6.45) is 1.26. The van der Waals surface area contributed by atoms with E-state index in [0.717, 1.165) is 18.4 Å². The molecule has 0 bridgehead atoms. The van der Waals surface area contributed by atoms with Crippen LogP contribution in [0.3, 0.4) is 0 Å². The average molecular weight is 285 g/mol. The van der Waals surface area contributed by atoms with Crippen LogP contribution in [0.2, 0.25) is 0 Å². The number of halogens is 1. The Labute approximate surface area is 107 Å². The first-order valence-electron chi connectivity index (χ1n) is 5.75. The normalized spacial score (nSPS) is 13.8. The highest BCUT2D eigenvalue weighted by Crippen LogP contribution is 2.23. The molecule has 1 rings (SSSR count). The summed E-state index contributed by atoms with van der Waals surface area (Å²) in [5.41, 5.74) is 1.58. The average Bonchev–Trinajstić information content (AvgIpc) is 2.24. The molecule has 0 amide bonds. The molecule has 0 aliphatic carbocycles. The van der Waals surface area contributed by atoms with Crippen molar-refractivity contribution in [2.75, 3.05) is 11.9 Å². The Balaban J connectivity index is 2.45. The molecule has 0 aliphatic heterocycles. The molecular weight excluding hydrogens is 264 g/mol. The van der Waals surface area contributed by atoms with Gasteiger partial charge in [-0.2, -0.15) is 0 Å². The smallest absolute Gasteiger partial charge is 0.0921 e. The minimum atomic E-state index is 0.170. The second-order valence-electron chi connectivity index (χ2n) is 5.24. The number of alkyl halides is 1. The maximum Gasteiger partial charge on any atom is 0.0921 e. The van der Waals surface area contributed by atoms with Gasteiger partial charge >= 0.3 is 0 Å². The minimum absolute atomic E-state index is 0.170. The van der Waals surface area contributed by atoms with E-state index in [2.05, 4.69) is 61.0 Å². The third-order valence-corrected chi connectivity index (χ3v) is 3.07. The lowest BCUT2D eigenvalue weighted by molar-refractivity contribution is 0.0521. The SMILES string of the molecule is CC(C)(C)CCOC(CBr)c1ccccc1. The van der Waals surface area contributed by atoms with Gasteiger partial charge in [-0.25, -0.2) is 0 Å². The second kappa shape index (κ2) is 6.41. The highest BCUT2D eigenvalue weighted by molar-refractivity contribution is 9.09. The number of benzene rings is 1. The summed E-state index contributed by atoms with van der Waals surface area (Å²) in [7, 11) is 0. The van der Waals surface area contributed by atoms with Crippen molar-refractivity contribution in [2.24, 2.45) is 5.41 Å². The molecule has 0 heterocycles. The van der Waals surface area contributed by atoms with Gasteiger partial charge in [-0.15, -0.1) is 0 Å². The Kier molecular flexibility index (Phi) is 5.50. The zero-order valence-corrected chi connectivity index (χ0v) is 12.0. The number of hydrogen-bond donors (Lipinski definition) is 0. The van der Waals surface area contributed by atoms with Crippen LogP contribution in [0.4, 0.5) is 0 Å². The molecule has 0 fully saturated rings. The van der Waals surface area contributed by atoms with Crippen LogP contribution in [-0.4, -0.2) is 11.9 Å². The van der Waals surface area contributed by atoms with Crippen molar-refractivity contribution in [1.82, 2.24) is 0 Å². The van der Waals surface area contributed by atoms with Crippen LogP contribution < -0.4 is 0 Å². The maximum absolute atomic E-state index is 5.91.